The number of rotatable bonds is 7. The number of methoxy groups -OCH3 is 2. The number of carbonyl (C=O) groups is 2. The molecule has 0 spiro atoms. The molecule has 1 fully saturated rings. The van der Waals surface area contributed by atoms with E-state index in [1.165, 1.54) is 11.8 Å². The van der Waals surface area contributed by atoms with E-state index in [1.807, 2.05) is 27.3 Å². The molecule has 3 aliphatic rings. The molecule has 0 unspecified atom stereocenters. The zero-order chi connectivity index (χ0) is 24.2. The molecule has 182 valence electrons. The summed E-state index contributed by atoms with van der Waals surface area (Å²) in [6, 6.07) is 4.88. The maximum Gasteiger partial charge on any atom is 0.338 e. The lowest BCUT2D eigenvalue weighted by Crippen LogP contribution is -2.42. The summed E-state index contributed by atoms with van der Waals surface area (Å²) in [5.41, 5.74) is 2.47. The average molecular weight is 488 g/mol. The van der Waals surface area contributed by atoms with Gasteiger partial charge in [-0.2, -0.15) is 0 Å². The second-order valence-electron chi connectivity index (χ2n) is 7.89. The molecule has 0 aromatic heterocycles. The summed E-state index contributed by atoms with van der Waals surface area (Å²) in [5.74, 6) is 0.782. The normalized spacial score (nSPS) is 19.9. The van der Waals surface area contributed by atoms with Crippen LogP contribution in [0.3, 0.4) is 0 Å². The largest absolute Gasteiger partial charge is 0.497 e. The molecule has 1 aromatic rings. The summed E-state index contributed by atoms with van der Waals surface area (Å²) >= 11 is 1.44. The number of hydrogen-bond donors (Lipinski definition) is 0. The average Bonchev–Trinajstić information content (AvgIpc) is 3.25. The van der Waals surface area contributed by atoms with E-state index in [-0.39, 0.29) is 18.9 Å². The van der Waals surface area contributed by atoms with E-state index in [1.54, 1.807) is 34.1 Å². The van der Waals surface area contributed by atoms with Crippen molar-refractivity contribution in [1.29, 1.82) is 0 Å². The van der Waals surface area contributed by atoms with E-state index in [4.69, 9.17) is 18.9 Å². The van der Waals surface area contributed by atoms with Gasteiger partial charge in [0, 0.05) is 24.4 Å². The van der Waals surface area contributed by atoms with Crippen LogP contribution in [0.5, 0.6) is 11.5 Å². The molecule has 0 radical (unpaired) electrons. The van der Waals surface area contributed by atoms with Gasteiger partial charge in [0.1, 0.15) is 11.5 Å². The number of amidine groups is 1. The number of hydrogen-bond acceptors (Lipinski definition) is 9. The number of nitrogens with zero attached hydrogens (tertiary/aromatic N) is 3. The van der Waals surface area contributed by atoms with E-state index < -0.39 is 12.0 Å². The van der Waals surface area contributed by atoms with Crippen molar-refractivity contribution in [2.75, 3.05) is 47.1 Å². The van der Waals surface area contributed by atoms with Gasteiger partial charge >= 0.3 is 5.97 Å². The molecular formula is C24H29N3O6S. The van der Waals surface area contributed by atoms with Crippen LogP contribution in [0, 0.1) is 0 Å². The first kappa shape index (κ1) is 24.2. The number of fused-ring (bicyclic) bond motifs is 1. The molecule has 9 nitrogen and oxygen atoms in total. The van der Waals surface area contributed by atoms with Crippen molar-refractivity contribution in [2.24, 2.45) is 4.99 Å². The molecule has 10 heteroatoms. The van der Waals surface area contributed by atoms with Crippen LogP contribution in [-0.2, 0) is 19.1 Å². The predicted octanol–water partition coefficient (Wildman–Crippen LogP) is 3.09. The smallest absolute Gasteiger partial charge is 0.338 e. The van der Waals surface area contributed by atoms with Crippen LogP contribution in [0.4, 0.5) is 0 Å². The zero-order valence-corrected chi connectivity index (χ0v) is 20.6. The summed E-state index contributed by atoms with van der Waals surface area (Å²) in [6.45, 7) is 6.02. The third kappa shape index (κ3) is 4.65. The molecule has 0 N–H and O–H groups in total. The molecular weight excluding hydrogens is 458 g/mol. The van der Waals surface area contributed by atoms with E-state index in [0.717, 1.165) is 11.3 Å². The number of benzene rings is 1. The van der Waals surface area contributed by atoms with Crippen molar-refractivity contribution in [1.82, 2.24) is 9.80 Å². The molecule has 34 heavy (non-hydrogen) atoms. The van der Waals surface area contributed by atoms with Crippen LogP contribution in [-0.4, -0.2) is 74.0 Å². The van der Waals surface area contributed by atoms with E-state index in [0.29, 0.717) is 54.2 Å². The molecule has 1 saturated heterocycles. The number of morpholine rings is 1. The lowest BCUT2D eigenvalue weighted by molar-refractivity contribution is -0.139. The molecule has 1 aromatic carbocycles. The summed E-state index contributed by atoms with van der Waals surface area (Å²) in [5, 5.41) is 2.63. The Morgan fingerprint density at radius 1 is 1.21 bits per heavy atom. The molecule has 0 aliphatic carbocycles. The van der Waals surface area contributed by atoms with Gasteiger partial charge in [-0.1, -0.05) is 11.8 Å². The minimum Gasteiger partial charge on any atom is -0.497 e. The topological polar surface area (TPSA) is 89.9 Å². The van der Waals surface area contributed by atoms with Gasteiger partial charge in [0.25, 0.3) is 0 Å². The Bertz CT molecular complexity index is 1060. The van der Waals surface area contributed by atoms with Crippen LogP contribution in [0.2, 0.25) is 0 Å². The second-order valence-corrected chi connectivity index (χ2v) is 8.73. The van der Waals surface area contributed by atoms with Crippen LogP contribution in [0.15, 0.2) is 45.6 Å². The quantitative estimate of drug-likeness (QED) is 0.542. The Morgan fingerprint density at radius 3 is 2.65 bits per heavy atom. The van der Waals surface area contributed by atoms with Crippen LogP contribution in [0.25, 0.3) is 0 Å². The lowest BCUT2D eigenvalue weighted by Gasteiger charge is -2.37. The maximum absolute atomic E-state index is 13.1. The Hall–Kier alpha value is -2.98. The highest BCUT2D eigenvalue weighted by atomic mass is 32.2. The number of amides is 1. The van der Waals surface area contributed by atoms with E-state index >= 15 is 0 Å². The standard InChI is InChI=1S/C24H29N3O6S/c1-5-33-23(29)21-15(2)25-24-27(22(21)18-13-17(30-3)6-7-19(18)31-4)16(14-34-24)12-20(28)26-8-10-32-11-9-26/h6-7,13-14,22H,5,8-12H2,1-4H3/t22-/m1/s1. The van der Waals surface area contributed by atoms with Crippen molar-refractivity contribution in [2.45, 2.75) is 26.3 Å². The fourth-order valence-corrected chi connectivity index (χ4v) is 5.23. The summed E-state index contributed by atoms with van der Waals surface area (Å²) in [4.78, 5) is 34.7. The summed E-state index contributed by atoms with van der Waals surface area (Å²) in [7, 11) is 3.17. The summed E-state index contributed by atoms with van der Waals surface area (Å²) < 4.78 is 21.9. The number of carbonyl (C=O) groups excluding carboxylic acids is 2. The number of ether oxygens (including phenoxy) is 4. The van der Waals surface area contributed by atoms with Gasteiger partial charge in [-0.05, 0) is 37.5 Å². The molecule has 0 bridgehead atoms. The van der Waals surface area contributed by atoms with Gasteiger partial charge in [0.05, 0.1) is 57.8 Å². The van der Waals surface area contributed by atoms with Gasteiger partial charge in [-0.3, -0.25) is 4.79 Å². The second kappa shape index (κ2) is 10.5. The molecule has 1 atom stereocenters. The first-order chi connectivity index (χ1) is 16.5. The van der Waals surface area contributed by atoms with Crippen molar-refractivity contribution in [3.05, 3.63) is 46.1 Å². The van der Waals surface area contributed by atoms with Gasteiger partial charge < -0.3 is 28.7 Å². The van der Waals surface area contributed by atoms with Crippen molar-refractivity contribution in [3.63, 3.8) is 0 Å². The Kier molecular flexibility index (Phi) is 7.47. The lowest BCUT2D eigenvalue weighted by atomic mass is 9.92. The van der Waals surface area contributed by atoms with Gasteiger partial charge in [0.15, 0.2) is 5.17 Å². The predicted molar refractivity (Wildman–Crippen MR) is 129 cm³/mol. The van der Waals surface area contributed by atoms with Gasteiger partial charge in [-0.15, -0.1) is 0 Å². The van der Waals surface area contributed by atoms with Gasteiger partial charge in [0.2, 0.25) is 5.91 Å². The highest BCUT2D eigenvalue weighted by Crippen LogP contribution is 2.47. The Morgan fingerprint density at radius 2 is 1.97 bits per heavy atom. The first-order valence-corrected chi connectivity index (χ1v) is 12.0. The highest BCUT2D eigenvalue weighted by molar-refractivity contribution is 8.16. The number of allylic oxidation sites excluding steroid dienone is 1. The number of aliphatic imine (C=N–C) groups is 1. The third-order valence-corrected chi connectivity index (χ3v) is 6.81. The summed E-state index contributed by atoms with van der Waals surface area (Å²) in [6.07, 6.45) is 0.184. The molecule has 4 rings (SSSR count). The van der Waals surface area contributed by atoms with Crippen LogP contribution >= 0.6 is 11.8 Å². The molecule has 0 saturated carbocycles. The fourth-order valence-electron chi connectivity index (χ4n) is 4.27. The fraction of sp³-hybridized carbons (Fsp3) is 0.458. The molecule has 1 amide bonds. The minimum atomic E-state index is -0.588. The highest BCUT2D eigenvalue weighted by Gasteiger charge is 2.42. The number of esters is 1. The maximum atomic E-state index is 13.1. The Balaban J connectivity index is 1.77. The number of thioether (sulfide) groups is 1. The molecule has 3 heterocycles. The van der Waals surface area contributed by atoms with E-state index in [9.17, 15) is 9.59 Å². The third-order valence-electron chi connectivity index (χ3n) is 5.92. The zero-order valence-electron chi connectivity index (χ0n) is 19.8. The van der Waals surface area contributed by atoms with Crippen molar-refractivity contribution < 1.29 is 28.5 Å². The van der Waals surface area contributed by atoms with Crippen LogP contribution < -0.4 is 9.47 Å². The van der Waals surface area contributed by atoms with Crippen molar-refractivity contribution >= 4 is 28.8 Å². The van der Waals surface area contributed by atoms with Crippen molar-refractivity contribution in [3.8, 4) is 11.5 Å². The van der Waals surface area contributed by atoms with E-state index in [2.05, 4.69) is 4.99 Å². The monoisotopic (exact) mass is 487 g/mol. The first-order valence-electron chi connectivity index (χ1n) is 11.2. The van der Waals surface area contributed by atoms with Gasteiger partial charge in [-0.25, -0.2) is 9.79 Å². The van der Waals surface area contributed by atoms with Crippen LogP contribution in [0.1, 0.15) is 31.9 Å². The molecule has 3 aliphatic heterocycles. The minimum absolute atomic E-state index is 0.0108. The Labute approximate surface area is 203 Å². The SMILES string of the molecule is CCOC(=O)C1=C(C)N=C2SC=C(CC(=O)N3CCOCC3)N2[C@@H]1c1cc(OC)ccc1OC.